The van der Waals surface area contributed by atoms with Crippen LogP contribution in [0.5, 0.6) is 0 Å². The number of rotatable bonds is 4. The van der Waals surface area contributed by atoms with Crippen molar-refractivity contribution in [2.75, 3.05) is 6.61 Å². The molecule has 0 bridgehead atoms. The highest BCUT2D eigenvalue weighted by atomic mass is 16.5. The van der Waals surface area contributed by atoms with E-state index in [2.05, 4.69) is 6.92 Å². The van der Waals surface area contributed by atoms with Crippen molar-refractivity contribution in [3.8, 4) is 0 Å². The van der Waals surface area contributed by atoms with Gasteiger partial charge in [-0.2, -0.15) is 0 Å². The van der Waals surface area contributed by atoms with Crippen molar-refractivity contribution in [3.63, 3.8) is 0 Å². The number of ketones is 2. The molecule has 0 aromatic carbocycles. The minimum absolute atomic E-state index is 0.0249. The molecule has 0 unspecified atom stereocenters. The van der Waals surface area contributed by atoms with Crippen LogP contribution in [-0.4, -0.2) is 36.2 Å². The first-order valence-electron chi connectivity index (χ1n) is 12.0. The third-order valence-corrected chi connectivity index (χ3v) is 10.2. The van der Waals surface area contributed by atoms with E-state index in [0.29, 0.717) is 24.2 Å². The summed E-state index contributed by atoms with van der Waals surface area (Å²) >= 11 is 0. The zero-order valence-corrected chi connectivity index (χ0v) is 18.9. The van der Waals surface area contributed by atoms with Crippen LogP contribution in [-0.2, 0) is 28.7 Å². The lowest BCUT2D eigenvalue weighted by Crippen LogP contribution is -2.52. The lowest BCUT2D eigenvalue weighted by molar-refractivity contribution is -0.163. The van der Waals surface area contributed by atoms with Crippen LogP contribution in [0.1, 0.15) is 78.6 Å². The van der Waals surface area contributed by atoms with Gasteiger partial charge in [0.15, 0.2) is 17.7 Å². The molecule has 0 amide bonds. The summed E-state index contributed by atoms with van der Waals surface area (Å²) in [5, 5.41) is 0. The van der Waals surface area contributed by atoms with Gasteiger partial charge in [0.05, 0.1) is 0 Å². The molecule has 0 spiro atoms. The maximum Gasteiger partial charge on any atom is 0.303 e. The molecule has 0 heterocycles. The first kappa shape index (κ1) is 21.1. The Morgan fingerprint density at radius 2 is 1.71 bits per heavy atom. The van der Waals surface area contributed by atoms with Crippen molar-refractivity contribution in [2.24, 2.45) is 39.9 Å². The van der Waals surface area contributed by atoms with Gasteiger partial charge < -0.3 is 9.47 Å². The SMILES string of the molecule is CC(=O)OCC(=O)[C@H]1CC[C@H]2[C@@H]3CC[C@@]45C[C@@]4(CC[C@H](OC(C)=O)C5=O)[C@H]3CC[C@]12C. The number of esters is 2. The molecule has 0 aromatic heterocycles. The standard InChI is InChI=1S/C25H34O6/c1-14(26)30-12-20(28)19-5-4-17-16-6-10-25-13-24(25,18(16)7-9-23(17,19)3)11-8-21(22(25)29)31-15(2)27/h16-19,21H,4-13H2,1-3H3/t16-,17-,18-,19+,21-,23-,24-,25-/m0/s1. The van der Waals surface area contributed by atoms with Crippen LogP contribution >= 0.6 is 0 Å². The Labute approximate surface area is 183 Å². The fraction of sp³-hybridized carbons (Fsp3) is 0.840. The van der Waals surface area contributed by atoms with E-state index in [9.17, 15) is 19.2 Å². The molecule has 5 rings (SSSR count). The zero-order valence-electron chi connectivity index (χ0n) is 18.9. The molecule has 0 N–H and O–H groups in total. The van der Waals surface area contributed by atoms with Gasteiger partial charge in [-0.05, 0) is 86.4 Å². The van der Waals surface area contributed by atoms with Gasteiger partial charge in [0.25, 0.3) is 0 Å². The maximum absolute atomic E-state index is 13.3. The molecule has 6 heteroatoms. The predicted octanol–water partition coefficient (Wildman–Crippen LogP) is 3.64. The van der Waals surface area contributed by atoms with Gasteiger partial charge in [-0.15, -0.1) is 0 Å². The van der Waals surface area contributed by atoms with Gasteiger partial charge >= 0.3 is 11.9 Å². The summed E-state index contributed by atoms with van der Waals surface area (Å²) in [5.41, 5.74) is -0.183. The number of hydrogen-bond acceptors (Lipinski definition) is 6. The Balaban J connectivity index is 1.34. The minimum atomic E-state index is -0.548. The van der Waals surface area contributed by atoms with E-state index in [1.807, 2.05) is 0 Å². The smallest absolute Gasteiger partial charge is 0.303 e. The molecular formula is C25H34O6. The van der Waals surface area contributed by atoms with Gasteiger partial charge in [0.2, 0.25) is 0 Å². The van der Waals surface area contributed by atoms with Crippen molar-refractivity contribution < 1.29 is 28.7 Å². The quantitative estimate of drug-likeness (QED) is 0.633. The lowest BCUT2D eigenvalue weighted by atomic mass is 9.49. The van der Waals surface area contributed by atoms with Crippen LogP contribution in [0.2, 0.25) is 0 Å². The lowest BCUT2D eigenvalue weighted by Gasteiger charge is -2.55. The van der Waals surface area contributed by atoms with Gasteiger partial charge in [-0.1, -0.05) is 6.92 Å². The second-order valence-electron chi connectivity index (χ2n) is 11.3. The zero-order chi connectivity index (χ0) is 22.2. The van der Waals surface area contributed by atoms with Crippen molar-refractivity contribution >= 4 is 23.5 Å². The largest absolute Gasteiger partial charge is 0.458 e. The van der Waals surface area contributed by atoms with Gasteiger partial charge in [-0.25, -0.2) is 0 Å². The number of ether oxygens (including phenoxy) is 2. The molecule has 31 heavy (non-hydrogen) atoms. The fourth-order valence-corrected chi connectivity index (χ4v) is 9.02. The first-order valence-corrected chi connectivity index (χ1v) is 12.0. The van der Waals surface area contributed by atoms with Crippen LogP contribution in [0.25, 0.3) is 0 Å². The van der Waals surface area contributed by atoms with E-state index in [0.717, 1.165) is 51.4 Å². The molecule has 5 aliphatic carbocycles. The van der Waals surface area contributed by atoms with E-state index in [1.54, 1.807) is 0 Å². The third-order valence-electron chi connectivity index (χ3n) is 10.2. The number of hydrogen-bond donors (Lipinski definition) is 0. The number of fused-ring (bicyclic) bond motifs is 3. The van der Waals surface area contributed by atoms with E-state index in [4.69, 9.17) is 9.47 Å². The van der Waals surface area contributed by atoms with Crippen molar-refractivity contribution in [1.29, 1.82) is 0 Å². The van der Waals surface area contributed by atoms with E-state index >= 15 is 0 Å². The second-order valence-corrected chi connectivity index (χ2v) is 11.3. The average molecular weight is 431 g/mol. The highest BCUT2D eigenvalue weighted by molar-refractivity contribution is 5.95. The average Bonchev–Trinajstić information content (AvgIpc) is 3.30. The van der Waals surface area contributed by atoms with E-state index in [-0.39, 0.29) is 46.3 Å². The molecule has 0 radical (unpaired) electrons. The number of Topliss-reactive ketones (excluding diaryl/α,β-unsaturated/α-hetero) is 2. The maximum atomic E-state index is 13.3. The first-order chi connectivity index (χ1) is 14.6. The van der Waals surface area contributed by atoms with Crippen molar-refractivity contribution in [2.45, 2.75) is 84.7 Å². The van der Waals surface area contributed by atoms with Crippen LogP contribution in [0.3, 0.4) is 0 Å². The molecule has 5 fully saturated rings. The molecule has 0 aliphatic heterocycles. The van der Waals surface area contributed by atoms with Crippen LogP contribution in [0.15, 0.2) is 0 Å². The van der Waals surface area contributed by atoms with E-state index in [1.165, 1.54) is 13.8 Å². The summed E-state index contributed by atoms with van der Waals surface area (Å²) in [5.74, 6) is 1.09. The predicted molar refractivity (Wildman–Crippen MR) is 111 cm³/mol. The summed E-state index contributed by atoms with van der Waals surface area (Å²) < 4.78 is 10.4. The number of carbonyl (C=O) groups is 4. The second kappa shape index (κ2) is 6.89. The Kier molecular flexibility index (Phi) is 4.70. The summed E-state index contributed by atoms with van der Waals surface area (Å²) in [7, 11) is 0. The van der Waals surface area contributed by atoms with E-state index < -0.39 is 12.1 Å². The topological polar surface area (TPSA) is 86.7 Å². The van der Waals surface area contributed by atoms with Crippen molar-refractivity contribution in [1.82, 2.24) is 0 Å². The Bertz CT molecular complexity index is 849. The normalized spacial score (nSPS) is 47.3. The highest BCUT2D eigenvalue weighted by Crippen LogP contribution is 2.82. The Morgan fingerprint density at radius 1 is 0.935 bits per heavy atom. The van der Waals surface area contributed by atoms with Crippen LogP contribution in [0, 0.1) is 39.9 Å². The van der Waals surface area contributed by atoms with Crippen molar-refractivity contribution in [3.05, 3.63) is 0 Å². The van der Waals surface area contributed by atoms with Crippen LogP contribution in [0.4, 0.5) is 0 Å². The van der Waals surface area contributed by atoms with Gasteiger partial charge in [-0.3, -0.25) is 19.2 Å². The Hall–Kier alpha value is -1.72. The summed E-state index contributed by atoms with van der Waals surface area (Å²) in [4.78, 5) is 48.8. The fourth-order valence-electron chi connectivity index (χ4n) is 9.02. The van der Waals surface area contributed by atoms with Crippen LogP contribution < -0.4 is 0 Å². The summed E-state index contributed by atoms with van der Waals surface area (Å²) in [6, 6.07) is 0. The highest BCUT2D eigenvalue weighted by Gasteiger charge is 2.79. The Morgan fingerprint density at radius 3 is 2.42 bits per heavy atom. The molecule has 0 saturated heterocycles. The molecule has 170 valence electrons. The molecule has 0 aromatic rings. The third kappa shape index (κ3) is 2.82. The molecule has 5 saturated carbocycles. The minimum Gasteiger partial charge on any atom is -0.458 e. The number of carbonyl (C=O) groups excluding carboxylic acids is 4. The van der Waals surface area contributed by atoms with Gasteiger partial charge in [0, 0.05) is 25.2 Å². The molecule has 5 aliphatic rings. The van der Waals surface area contributed by atoms with Gasteiger partial charge in [0.1, 0.15) is 6.61 Å². The summed E-state index contributed by atoms with van der Waals surface area (Å²) in [6.45, 7) is 4.91. The molecule has 8 atom stereocenters. The molecule has 6 nitrogen and oxygen atoms in total. The summed E-state index contributed by atoms with van der Waals surface area (Å²) in [6.07, 6.45) is 8.03. The molecular weight excluding hydrogens is 396 g/mol. The monoisotopic (exact) mass is 430 g/mol.